The largest absolute Gasteiger partial charge is 0.207 e. The molecule has 1 heterocycles. The number of benzene rings is 2. The van der Waals surface area contributed by atoms with Crippen LogP contribution < -0.4 is 0 Å². The second-order valence-corrected chi connectivity index (χ2v) is 5.24. The number of tetrazole rings is 1. The molecule has 4 nitrogen and oxygen atoms in total. The van der Waals surface area contributed by atoms with Crippen molar-refractivity contribution < 1.29 is 4.39 Å². The van der Waals surface area contributed by atoms with Crippen LogP contribution >= 0.6 is 23.2 Å². The maximum absolute atomic E-state index is 13.0. The van der Waals surface area contributed by atoms with Gasteiger partial charge in [-0.2, -0.15) is 4.68 Å². The Morgan fingerprint density at radius 2 is 1.81 bits per heavy atom. The highest BCUT2D eigenvalue weighted by Crippen LogP contribution is 2.23. The Morgan fingerprint density at radius 3 is 2.52 bits per heavy atom. The van der Waals surface area contributed by atoms with Gasteiger partial charge in [0.15, 0.2) is 5.82 Å². The molecule has 0 amide bonds. The lowest BCUT2D eigenvalue weighted by atomic mass is 10.1. The van der Waals surface area contributed by atoms with Crippen LogP contribution in [0, 0.1) is 5.82 Å². The number of aromatic nitrogens is 4. The van der Waals surface area contributed by atoms with Crippen molar-refractivity contribution in [3.8, 4) is 5.69 Å². The van der Waals surface area contributed by atoms with Crippen LogP contribution in [0.2, 0.25) is 10.0 Å². The highest BCUT2D eigenvalue weighted by molar-refractivity contribution is 6.35. The van der Waals surface area contributed by atoms with E-state index in [-0.39, 0.29) is 5.82 Å². The average molecular weight is 323 g/mol. The Balaban J connectivity index is 1.94. The standard InChI is InChI=1S/C14H9Cl2FN4/c15-10-2-1-9(13(16)8-10)7-14-18-19-20-21(14)12-5-3-11(17)4-6-12/h1-6,8H,7H2. The minimum atomic E-state index is -0.311. The van der Waals surface area contributed by atoms with Gasteiger partial charge in [-0.05, 0) is 52.4 Å². The SMILES string of the molecule is Fc1ccc(-n2nnnc2Cc2ccc(Cl)cc2Cl)cc1. The van der Waals surface area contributed by atoms with Crippen molar-refractivity contribution in [3.63, 3.8) is 0 Å². The Hall–Kier alpha value is -1.98. The third-order valence-electron chi connectivity index (χ3n) is 2.97. The molecule has 21 heavy (non-hydrogen) atoms. The van der Waals surface area contributed by atoms with Gasteiger partial charge in [0, 0.05) is 16.5 Å². The van der Waals surface area contributed by atoms with Crippen LogP contribution in [0.1, 0.15) is 11.4 Å². The van der Waals surface area contributed by atoms with Gasteiger partial charge in [0.1, 0.15) is 5.82 Å². The summed E-state index contributed by atoms with van der Waals surface area (Å²) >= 11 is 12.0. The number of hydrogen-bond acceptors (Lipinski definition) is 3. The molecule has 0 saturated heterocycles. The number of halogens is 3. The van der Waals surface area contributed by atoms with Gasteiger partial charge in [0.2, 0.25) is 0 Å². The van der Waals surface area contributed by atoms with Gasteiger partial charge in [-0.1, -0.05) is 29.3 Å². The zero-order valence-corrected chi connectivity index (χ0v) is 12.2. The summed E-state index contributed by atoms with van der Waals surface area (Å²) in [5.74, 6) is 0.292. The minimum absolute atomic E-state index is 0.311. The van der Waals surface area contributed by atoms with E-state index in [9.17, 15) is 4.39 Å². The van der Waals surface area contributed by atoms with E-state index in [0.29, 0.717) is 28.0 Å². The van der Waals surface area contributed by atoms with Crippen molar-refractivity contribution in [1.82, 2.24) is 20.2 Å². The number of nitrogens with zero attached hydrogens (tertiary/aromatic N) is 4. The molecule has 0 radical (unpaired) electrons. The topological polar surface area (TPSA) is 43.6 Å². The highest BCUT2D eigenvalue weighted by atomic mass is 35.5. The zero-order valence-electron chi connectivity index (χ0n) is 10.7. The molecule has 0 aliphatic rings. The zero-order chi connectivity index (χ0) is 14.8. The van der Waals surface area contributed by atoms with E-state index in [1.54, 1.807) is 28.9 Å². The van der Waals surface area contributed by atoms with Crippen molar-refractivity contribution in [2.45, 2.75) is 6.42 Å². The lowest BCUT2D eigenvalue weighted by Gasteiger charge is -2.06. The number of hydrogen-bond donors (Lipinski definition) is 0. The summed E-state index contributed by atoms with van der Waals surface area (Å²) in [6.45, 7) is 0. The van der Waals surface area contributed by atoms with Crippen LogP contribution in [-0.4, -0.2) is 20.2 Å². The Labute approximate surface area is 130 Å². The number of rotatable bonds is 3. The van der Waals surface area contributed by atoms with E-state index in [1.165, 1.54) is 12.1 Å². The summed E-state index contributed by atoms with van der Waals surface area (Å²) in [5, 5.41) is 12.7. The lowest BCUT2D eigenvalue weighted by molar-refractivity contribution is 0.626. The van der Waals surface area contributed by atoms with Gasteiger partial charge in [0.25, 0.3) is 0 Å². The van der Waals surface area contributed by atoms with E-state index < -0.39 is 0 Å². The predicted molar refractivity (Wildman–Crippen MR) is 78.4 cm³/mol. The first-order chi connectivity index (χ1) is 10.1. The smallest absolute Gasteiger partial charge is 0.161 e. The molecule has 0 atom stereocenters. The van der Waals surface area contributed by atoms with Crippen molar-refractivity contribution in [1.29, 1.82) is 0 Å². The van der Waals surface area contributed by atoms with Crippen molar-refractivity contribution in [2.24, 2.45) is 0 Å². The van der Waals surface area contributed by atoms with Gasteiger partial charge in [-0.15, -0.1) is 5.10 Å². The van der Waals surface area contributed by atoms with E-state index >= 15 is 0 Å². The van der Waals surface area contributed by atoms with Crippen LogP contribution in [0.4, 0.5) is 4.39 Å². The Morgan fingerprint density at radius 1 is 1.05 bits per heavy atom. The molecule has 0 bridgehead atoms. The maximum Gasteiger partial charge on any atom is 0.161 e. The minimum Gasteiger partial charge on any atom is -0.207 e. The molecule has 1 aromatic heterocycles. The quantitative estimate of drug-likeness (QED) is 0.738. The molecule has 0 fully saturated rings. The summed E-state index contributed by atoms with van der Waals surface area (Å²) < 4.78 is 14.5. The van der Waals surface area contributed by atoms with Gasteiger partial charge in [-0.25, -0.2) is 4.39 Å². The molecule has 0 spiro atoms. The molecular formula is C14H9Cl2FN4. The fourth-order valence-electron chi connectivity index (χ4n) is 1.93. The van der Waals surface area contributed by atoms with E-state index in [2.05, 4.69) is 15.5 Å². The fourth-order valence-corrected chi connectivity index (χ4v) is 2.41. The molecule has 106 valence electrons. The van der Waals surface area contributed by atoms with E-state index in [0.717, 1.165) is 5.56 Å². The molecule has 2 aromatic carbocycles. The first-order valence-corrected chi connectivity index (χ1v) is 6.86. The third kappa shape index (κ3) is 3.04. The van der Waals surface area contributed by atoms with Crippen LogP contribution in [0.15, 0.2) is 42.5 Å². The van der Waals surface area contributed by atoms with Crippen LogP contribution in [0.5, 0.6) is 0 Å². The average Bonchev–Trinajstić information content (AvgIpc) is 2.91. The first-order valence-electron chi connectivity index (χ1n) is 6.10. The molecule has 3 aromatic rings. The third-order valence-corrected chi connectivity index (χ3v) is 3.56. The van der Waals surface area contributed by atoms with Crippen LogP contribution in [0.25, 0.3) is 5.69 Å². The highest BCUT2D eigenvalue weighted by Gasteiger charge is 2.11. The predicted octanol–water partition coefficient (Wildman–Crippen LogP) is 3.70. The molecule has 3 rings (SSSR count). The lowest BCUT2D eigenvalue weighted by Crippen LogP contribution is -2.04. The summed E-state index contributed by atoms with van der Waals surface area (Å²) in [6, 6.07) is 11.2. The first kappa shape index (κ1) is 14.0. The molecule has 0 aliphatic heterocycles. The van der Waals surface area contributed by atoms with E-state index in [1.807, 2.05) is 6.07 Å². The van der Waals surface area contributed by atoms with Crippen LogP contribution in [-0.2, 0) is 6.42 Å². The van der Waals surface area contributed by atoms with Crippen molar-refractivity contribution in [3.05, 3.63) is 69.7 Å². The van der Waals surface area contributed by atoms with Crippen molar-refractivity contribution in [2.75, 3.05) is 0 Å². The van der Waals surface area contributed by atoms with Gasteiger partial charge in [0.05, 0.1) is 5.69 Å². The maximum atomic E-state index is 13.0. The Bertz CT molecular complexity index is 771. The molecule has 0 N–H and O–H groups in total. The van der Waals surface area contributed by atoms with E-state index in [4.69, 9.17) is 23.2 Å². The monoisotopic (exact) mass is 322 g/mol. The Kier molecular flexibility index (Phi) is 3.86. The molecule has 0 unspecified atom stereocenters. The van der Waals surface area contributed by atoms with Gasteiger partial charge in [-0.3, -0.25) is 0 Å². The second-order valence-electron chi connectivity index (χ2n) is 4.40. The fraction of sp³-hybridized carbons (Fsp3) is 0.0714. The summed E-state index contributed by atoms with van der Waals surface area (Å²) in [7, 11) is 0. The van der Waals surface area contributed by atoms with Gasteiger partial charge >= 0.3 is 0 Å². The second kappa shape index (κ2) is 5.79. The summed E-state index contributed by atoms with van der Waals surface area (Å²) in [4.78, 5) is 0. The molecular weight excluding hydrogens is 314 g/mol. The molecule has 0 saturated carbocycles. The van der Waals surface area contributed by atoms with Crippen LogP contribution in [0.3, 0.4) is 0 Å². The summed E-state index contributed by atoms with van der Waals surface area (Å²) in [5.41, 5.74) is 1.54. The summed E-state index contributed by atoms with van der Waals surface area (Å²) in [6.07, 6.45) is 0.445. The van der Waals surface area contributed by atoms with Crippen molar-refractivity contribution >= 4 is 23.2 Å². The molecule has 0 aliphatic carbocycles. The molecule has 7 heteroatoms. The van der Waals surface area contributed by atoms with Gasteiger partial charge < -0.3 is 0 Å². The normalized spacial score (nSPS) is 10.8.